The van der Waals surface area contributed by atoms with Crippen molar-refractivity contribution in [1.29, 1.82) is 0 Å². The monoisotopic (exact) mass is 277 g/mol. The molecule has 1 N–H and O–H groups in total. The molecule has 20 heavy (non-hydrogen) atoms. The molecule has 112 valence electrons. The van der Waals surface area contributed by atoms with Crippen LogP contribution in [0.1, 0.15) is 63.8 Å². The first-order valence-corrected chi connectivity index (χ1v) is 7.44. The molecule has 1 rings (SSSR count). The zero-order valence-electron chi connectivity index (χ0n) is 12.7. The van der Waals surface area contributed by atoms with E-state index in [0.717, 1.165) is 30.4 Å². The van der Waals surface area contributed by atoms with E-state index in [2.05, 4.69) is 12.2 Å². The van der Waals surface area contributed by atoms with Gasteiger partial charge in [-0.3, -0.25) is 9.59 Å². The Morgan fingerprint density at radius 3 is 2.65 bits per heavy atom. The van der Waals surface area contributed by atoms with Crippen LogP contribution in [0.15, 0.2) is 24.3 Å². The molecule has 0 radical (unpaired) electrons. The van der Waals surface area contributed by atoms with Crippen molar-refractivity contribution in [2.45, 2.75) is 53.0 Å². The number of amides is 1. The van der Waals surface area contributed by atoms with Crippen LogP contribution in [0.4, 0.5) is 0 Å². The fourth-order valence-corrected chi connectivity index (χ4v) is 1.99. The summed E-state index contributed by atoms with van der Waals surface area (Å²) in [5, 5.41) is 2.90. The fraction of sp³-hybridized carbons (Fsp3) is 0.529. The molecule has 1 amide bonds. The lowest BCUT2D eigenvalue weighted by Crippen LogP contribution is -2.22. The van der Waals surface area contributed by atoms with E-state index in [-0.39, 0.29) is 19.0 Å². The molecule has 0 bridgehead atoms. The Bertz CT molecular complexity index is 458. The van der Waals surface area contributed by atoms with Crippen LogP contribution < -0.4 is 5.32 Å². The highest BCUT2D eigenvalue weighted by Gasteiger charge is 2.10. The third-order valence-corrected chi connectivity index (χ3v) is 3.23. The second kappa shape index (κ2) is 8.51. The summed E-state index contributed by atoms with van der Waals surface area (Å²) in [5.74, 6) is 0.217. The Morgan fingerprint density at radius 2 is 2.00 bits per heavy atom. The maximum absolute atomic E-state index is 11.9. The van der Waals surface area contributed by atoms with Gasteiger partial charge in [0.15, 0.2) is 5.78 Å². The maximum atomic E-state index is 11.9. The molecule has 0 saturated carbocycles. The third kappa shape index (κ3) is 5.55. The molecule has 0 aliphatic rings. The number of hydrogen-bond acceptors (Lipinski definition) is 2. The summed E-state index contributed by atoms with van der Waals surface area (Å²) in [5.41, 5.74) is 1.69. The molecular weight excluding hydrogens is 250 g/mol. The topological polar surface area (TPSA) is 46.2 Å². The molecule has 0 aliphatic carbocycles. The van der Waals surface area contributed by atoms with Crippen LogP contribution in [0.2, 0.25) is 0 Å². The summed E-state index contributed by atoms with van der Waals surface area (Å²) in [4.78, 5) is 23.6. The molecule has 1 aromatic rings. The van der Waals surface area contributed by atoms with E-state index in [0.29, 0.717) is 13.0 Å². The summed E-state index contributed by atoms with van der Waals surface area (Å²) < 4.78 is 0. The first-order valence-electron chi connectivity index (χ1n) is 7.44. The molecule has 0 spiro atoms. The van der Waals surface area contributed by atoms with Gasteiger partial charge in [-0.05, 0) is 18.1 Å². The Morgan fingerprint density at radius 1 is 1.25 bits per heavy atom. The first kappa shape index (κ1) is 16.4. The smallest absolute Gasteiger partial charge is 0.220 e. The average molecular weight is 277 g/mol. The molecule has 0 saturated heterocycles. The molecule has 1 aromatic carbocycles. The minimum absolute atomic E-state index is 0. The van der Waals surface area contributed by atoms with Crippen molar-refractivity contribution in [2.24, 2.45) is 5.92 Å². The van der Waals surface area contributed by atoms with Gasteiger partial charge in [0.25, 0.3) is 0 Å². The van der Waals surface area contributed by atoms with Gasteiger partial charge >= 0.3 is 0 Å². The van der Waals surface area contributed by atoms with Gasteiger partial charge in [0.1, 0.15) is 0 Å². The van der Waals surface area contributed by atoms with Crippen LogP contribution in [0.5, 0.6) is 0 Å². The average Bonchev–Trinajstić information content (AvgIpc) is 2.45. The van der Waals surface area contributed by atoms with E-state index in [1.165, 1.54) is 0 Å². The zero-order valence-corrected chi connectivity index (χ0v) is 12.7. The van der Waals surface area contributed by atoms with Gasteiger partial charge in [-0.15, -0.1) is 0 Å². The molecule has 0 atom stereocenters. The molecule has 0 aromatic heterocycles. The fourth-order valence-electron chi connectivity index (χ4n) is 1.99. The predicted octanol–water partition coefficient (Wildman–Crippen LogP) is 3.97. The number of ketones is 1. The largest absolute Gasteiger partial charge is 0.352 e. The maximum Gasteiger partial charge on any atom is 0.220 e. The molecule has 0 aliphatic heterocycles. The van der Waals surface area contributed by atoms with E-state index < -0.39 is 0 Å². The Kier molecular flexibility index (Phi) is 6.99. The molecular formula is C17H27NO2. The van der Waals surface area contributed by atoms with Crippen molar-refractivity contribution in [3.05, 3.63) is 35.4 Å². The molecule has 3 heteroatoms. The van der Waals surface area contributed by atoms with Crippen LogP contribution in [0, 0.1) is 5.92 Å². The summed E-state index contributed by atoms with van der Waals surface area (Å²) in [6.45, 7) is 6.40. The number of rotatable bonds is 8. The van der Waals surface area contributed by atoms with E-state index in [1.807, 2.05) is 38.1 Å². The molecule has 0 fully saturated rings. The second-order valence-electron chi connectivity index (χ2n) is 5.45. The van der Waals surface area contributed by atoms with E-state index in [9.17, 15) is 9.59 Å². The SMILES string of the molecule is CCCCCC(=O)NCc1cccc(C(=O)C(C)C)c1.[HH]. The lowest BCUT2D eigenvalue weighted by atomic mass is 9.99. The van der Waals surface area contributed by atoms with Crippen molar-refractivity contribution in [1.82, 2.24) is 5.32 Å². The van der Waals surface area contributed by atoms with Gasteiger partial charge in [0.2, 0.25) is 5.91 Å². The van der Waals surface area contributed by atoms with E-state index >= 15 is 0 Å². The standard InChI is InChI=1S/C17H25NO2.H2/c1-4-5-6-10-16(19)18-12-14-8-7-9-15(11-14)17(20)13(2)3;/h7-9,11,13H,4-6,10,12H2,1-3H3,(H,18,19);1H. The Balaban J connectivity index is 0.00000400. The van der Waals surface area contributed by atoms with Crippen LogP contribution in [-0.2, 0) is 11.3 Å². The van der Waals surface area contributed by atoms with Crippen molar-refractivity contribution in [3.63, 3.8) is 0 Å². The lowest BCUT2D eigenvalue weighted by Gasteiger charge is -2.08. The minimum atomic E-state index is -0.00566. The Hall–Kier alpha value is -1.64. The number of hydrogen-bond donors (Lipinski definition) is 1. The highest BCUT2D eigenvalue weighted by molar-refractivity contribution is 5.97. The van der Waals surface area contributed by atoms with Gasteiger partial charge in [-0.25, -0.2) is 0 Å². The normalized spacial score (nSPS) is 10.6. The minimum Gasteiger partial charge on any atom is -0.352 e. The third-order valence-electron chi connectivity index (χ3n) is 3.23. The number of unbranched alkanes of at least 4 members (excludes halogenated alkanes) is 2. The van der Waals surface area contributed by atoms with E-state index in [4.69, 9.17) is 0 Å². The summed E-state index contributed by atoms with van der Waals surface area (Å²) in [6, 6.07) is 7.50. The highest BCUT2D eigenvalue weighted by Crippen LogP contribution is 2.11. The summed E-state index contributed by atoms with van der Waals surface area (Å²) in [6.07, 6.45) is 3.73. The van der Waals surface area contributed by atoms with Crippen LogP contribution in [-0.4, -0.2) is 11.7 Å². The van der Waals surface area contributed by atoms with Crippen molar-refractivity contribution >= 4 is 11.7 Å². The van der Waals surface area contributed by atoms with Gasteiger partial charge in [0.05, 0.1) is 0 Å². The van der Waals surface area contributed by atoms with Gasteiger partial charge < -0.3 is 5.32 Å². The Labute approximate surface area is 123 Å². The van der Waals surface area contributed by atoms with Gasteiger partial charge in [-0.1, -0.05) is 51.8 Å². The quantitative estimate of drug-likeness (QED) is 0.577. The van der Waals surface area contributed by atoms with Crippen LogP contribution >= 0.6 is 0 Å². The lowest BCUT2D eigenvalue weighted by molar-refractivity contribution is -0.121. The van der Waals surface area contributed by atoms with Crippen LogP contribution in [0.3, 0.4) is 0 Å². The number of carbonyl (C=O) groups is 2. The predicted molar refractivity (Wildman–Crippen MR) is 83.7 cm³/mol. The summed E-state index contributed by atoms with van der Waals surface area (Å²) in [7, 11) is 0. The molecule has 3 nitrogen and oxygen atoms in total. The molecule has 0 heterocycles. The van der Waals surface area contributed by atoms with Crippen molar-refractivity contribution in [2.75, 3.05) is 0 Å². The molecule has 0 unspecified atom stereocenters. The number of Topliss-reactive ketones (excluding diaryl/α,β-unsaturated/α-hetero) is 1. The van der Waals surface area contributed by atoms with Crippen LogP contribution in [0.25, 0.3) is 0 Å². The zero-order chi connectivity index (χ0) is 15.0. The highest BCUT2D eigenvalue weighted by atomic mass is 16.1. The van der Waals surface area contributed by atoms with E-state index in [1.54, 1.807) is 0 Å². The number of nitrogens with one attached hydrogen (secondary N) is 1. The number of benzene rings is 1. The number of carbonyl (C=O) groups excluding carboxylic acids is 2. The first-order chi connectivity index (χ1) is 9.54. The second-order valence-corrected chi connectivity index (χ2v) is 5.45. The van der Waals surface area contributed by atoms with Crippen molar-refractivity contribution in [3.8, 4) is 0 Å². The van der Waals surface area contributed by atoms with Gasteiger partial charge in [-0.2, -0.15) is 0 Å². The van der Waals surface area contributed by atoms with Crippen molar-refractivity contribution < 1.29 is 11.0 Å². The summed E-state index contributed by atoms with van der Waals surface area (Å²) >= 11 is 0. The van der Waals surface area contributed by atoms with Gasteiger partial charge in [0, 0.05) is 25.9 Å².